The fourth-order valence-electron chi connectivity index (χ4n) is 7.16. The van der Waals surface area contributed by atoms with Crippen LogP contribution in [0.2, 0.25) is 0 Å². The highest BCUT2D eigenvalue weighted by Gasteiger charge is 2.64. The summed E-state index contributed by atoms with van der Waals surface area (Å²) in [7, 11) is 2.00. The molecule has 2 aliphatic carbocycles. The number of aromatic nitrogens is 2. The van der Waals surface area contributed by atoms with Crippen LogP contribution in [0.5, 0.6) is 0 Å². The molecule has 0 radical (unpaired) electrons. The third kappa shape index (κ3) is 7.43. The fraction of sp³-hybridized carbons (Fsp3) is 0.618. The number of rotatable bonds is 11. The molecule has 3 aliphatic rings. The number of piperazine rings is 1. The molecule has 11 nitrogen and oxygen atoms in total. The number of amides is 4. The van der Waals surface area contributed by atoms with Crippen molar-refractivity contribution in [3.63, 3.8) is 0 Å². The minimum absolute atomic E-state index is 0.0577. The molecule has 1 saturated heterocycles. The van der Waals surface area contributed by atoms with E-state index in [0.717, 1.165) is 51.6 Å². The number of anilines is 1. The number of nitrogens with zero attached hydrogens (tertiary/aromatic N) is 4. The molecule has 2 heterocycles. The third-order valence-corrected chi connectivity index (χ3v) is 10.1. The SMILES string of the molecule is CCC(=O)N[C@H](Cc1ccc(NC(=O)[C@]2(C3CCCCCC3)CC2NC(=O)c2ccnn2CC)c(F)c1)C(=O)N1CCN(C)CC1. The van der Waals surface area contributed by atoms with Gasteiger partial charge in [-0.1, -0.05) is 38.7 Å². The monoisotopic (exact) mass is 637 g/mol. The molecule has 5 rings (SSSR count). The molecule has 3 atom stereocenters. The van der Waals surface area contributed by atoms with Gasteiger partial charge < -0.3 is 25.8 Å². The van der Waals surface area contributed by atoms with Gasteiger partial charge in [-0.2, -0.15) is 5.10 Å². The van der Waals surface area contributed by atoms with Crippen molar-refractivity contribution < 1.29 is 23.6 Å². The fourth-order valence-corrected chi connectivity index (χ4v) is 7.16. The summed E-state index contributed by atoms with van der Waals surface area (Å²) in [6, 6.07) is 5.05. The summed E-state index contributed by atoms with van der Waals surface area (Å²) in [6.45, 7) is 6.83. The van der Waals surface area contributed by atoms with Gasteiger partial charge in [0.1, 0.15) is 17.6 Å². The van der Waals surface area contributed by atoms with E-state index >= 15 is 4.39 Å². The number of likely N-dealkylation sites (N-methyl/N-ethyl adjacent to an activating group) is 1. The number of nitrogens with one attached hydrogen (secondary N) is 3. The van der Waals surface area contributed by atoms with E-state index in [2.05, 4.69) is 25.9 Å². The number of aryl methyl sites for hydroxylation is 1. The van der Waals surface area contributed by atoms with Crippen LogP contribution in [0.1, 0.15) is 81.3 Å². The van der Waals surface area contributed by atoms with Crippen LogP contribution < -0.4 is 16.0 Å². The summed E-state index contributed by atoms with van der Waals surface area (Å²) >= 11 is 0. The molecule has 1 aromatic carbocycles. The third-order valence-electron chi connectivity index (χ3n) is 10.1. The standard InChI is InChI=1S/C34H48FN7O4/c1-4-30(43)37-27(32(45)41-18-16-40(3)17-19-41)21-23-12-13-26(25(35)20-23)38-33(46)34(24-10-8-6-7-9-11-24)22-29(34)39-31(44)28-14-15-36-42(28)5-2/h12-15,20,24,27,29H,4-11,16-19,21-22H2,1-3H3,(H,37,43)(H,38,46)(H,39,44)/t27-,29?,34+/m1/s1. The van der Waals surface area contributed by atoms with Crippen LogP contribution >= 0.6 is 0 Å². The molecule has 2 saturated carbocycles. The average Bonchev–Trinajstić information content (AvgIpc) is 3.67. The van der Waals surface area contributed by atoms with Gasteiger partial charge in [-0.05, 0) is 62.9 Å². The van der Waals surface area contributed by atoms with Gasteiger partial charge in [0, 0.05) is 57.8 Å². The molecule has 3 fully saturated rings. The maximum atomic E-state index is 15.6. The van der Waals surface area contributed by atoms with Gasteiger partial charge in [0.2, 0.25) is 17.7 Å². The first kappa shape index (κ1) is 33.6. The van der Waals surface area contributed by atoms with E-state index in [1.54, 1.807) is 34.8 Å². The zero-order chi connectivity index (χ0) is 32.8. The van der Waals surface area contributed by atoms with Crippen LogP contribution in [0.15, 0.2) is 30.5 Å². The van der Waals surface area contributed by atoms with Crippen LogP contribution in [0.3, 0.4) is 0 Å². The second kappa shape index (κ2) is 14.7. The second-order valence-electron chi connectivity index (χ2n) is 13.1. The van der Waals surface area contributed by atoms with Crippen molar-refractivity contribution in [3.8, 4) is 0 Å². The highest BCUT2D eigenvalue weighted by molar-refractivity contribution is 6.00. The van der Waals surface area contributed by atoms with Gasteiger partial charge in [-0.25, -0.2) is 4.39 Å². The Balaban J connectivity index is 1.30. The van der Waals surface area contributed by atoms with Gasteiger partial charge in [0.25, 0.3) is 5.91 Å². The molecule has 1 unspecified atom stereocenters. The lowest BCUT2D eigenvalue weighted by molar-refractivity contribution is -0.137. The van der Waals surface area contributed by atoms with Gasteiger partial charge in [-0.3, -0.25) is 23.9 Å². The van der Waals surface area contributed by atoms with E-state index in [0.29, 0.717) is 37.3 Å². The van der Waals surface area contributed by atoms with Crippen molar-refractivity contribution in [2.24, 2.45) is 11.3 Å². The van der Waals surface area contributed by atoms with Gasteiger partial charge in [-0.15, -0.1) is 0 Å². The summed E-state index contributed by atoms with van der Waals surface area (Å²) < 4.78 is 17.2. The van der Waals surface area contributed by atoms with Crippen molar-refractivity contribution in [2.45, 2.75) is 90.3 Å². The largest absolute Gasteiger partial charge is 0.347 e. The van der Waals surface area contributed by atoms with E-state index in [1.807, 2.05) is 14.0 Å². The Labute approximate surface area is 270 Å². The molecule has 2 aromatic rings. The van der Waals surface area contributed by atoms with Crippen LogP contribution in [0.4, 0.5) is 10.1 Å². The molecule has 3 N–H and O–H groups in total. The normalized spacial score (nSPS) is 22.9. The summed E-state index contributed by atoms with van der Waals surface area (Å²) in [6.07, 6.45) is 8.52. The lowest BCUT2D eigenvalue weighted by Crippen LogP contribution is -2.54. The van der Waals surface area contributed by atoms with Gasteiger partial charge >= 0.3 is 0 Å². The summed E-state index contributed by atoms with van der Waals surface area (Å²) in [5.74, 6) is -1.49. The first-order valence-corrected chi connectivity index (χ1v) is 16.9. The Kier molecular flexibility index (Phi) is 10.8. The lowest BCUT2D eigenvalue weighted by Gasteiger charge is -2.34. The average molecular weight is 638 g/mol. The molecular formula is C34H48FN7O4. The maximum Gasteiger partial charge on any atom is 0.269 e. The molecule has 250 valence electrons. The van der Waals surface area contributed by atoms with E-state index in [-0.39, 0.29) is 54.1 Å². The molecule has 0 bridgehead atoms. The quantitative estimate of drug-likeness (QED) is 0.325. The summed E-state index contributed by atoms with van der Waals surface area (Å²) in [5.41, 5.74) is 0.238. The van der Waals surface area contributed by atoms with Gasteiger partial charge in [0.15, 0.2) is 0 Å². The van der Waals surface area contributed by atoms with Crippen molar-refractivity contribution >= 4 is 29.3 Å². The van der Waals surface area contributed by atoms with Crippen LogP contribution in [0.25, 0.3) is 0 Å². The Morgan fingerprint density at radius 1 is 1.02 bits per heavy atom. The second-order valence-corrected chi connectivity index (χ2v) is 13.1. The Morgan fingerprint density at radius 2 is 1.74 bits per heavy atom. The van der Waals surface area contributed by atoms with E-state index in [9.17, 15) is 19.2 Å². The van der Waals surface area contributed by atoms with Crippen molar-refractivity contribution in [3.05, 3.63) is 47.5 Å². The number of halogens is 1. The Bertz CT molecular complexity index is 1410. The minimum Gasteiger partial charge on any atom is -0.347 e. The number of hydrogen-bond donors (Lipinski definition) is 3. The predicted molar refractivity (Wildman–Crippen MR) is 172 cm³/mol. The van der Waals surface area contributed by atoms with Crippen molar-refractivity contribution in [1.82, 2.24) is 30.2 Å². The highest BCUT2D eigenvalue weighted by atomic mass is 19.1. The Morgan fingerprint density at radius 3 is 2.39 bits per heavy atom. The van der Waals surface area contributed by atoms with Crippen LogP contribution in [-0.2, 0) is 27.3 Å². The summed E-state index contributed by atoms with van der Waals surface area (Å²) in [5, 5.41) is 13.0. The van der Waals surface area contributed by atoms with E-state index in [1.165, 1.54) is 12.1 Å². The molecule has 12 heteroatoms. The number of hydrogen-bond acceptors (Lipinski definition) is 6. The summed E-state index contributed by atoms with van der Waals surface area (Å²) in [4.78, 5) is 56.7. The smallest absolute Gasteiger partial charge is 0.269 e. The van der Waals surface area contributed by atoms with Gasteiger partial charge in [0.05, 0.1) is 11.1 Å². The topological polar surface area (TPSA) is 129 Å². The molecule has 4 amide bonds. The molecular weight excluding hydrogens is 589 g/mol. The lowest BCUT2D eigenvalue weighted by atomic mass is 9.81. The van der Waals surface area contributed by atoms with Crippen LogP contribution in [-0.4, -0.2) is 88.5 Å². The van der Waals surface area contributed by atoms with E-state index < -0.39 is 17.3 Å². The number of carbonyl (C=O) groups is 4. The van der Waals surface area contributed by atoms with E-state index in [4.69, 9.17) is 0 Å². The zero-order valence-electron chi connectivity index (χ0n) is 27.3. The number of benzene rings is 1. The first-order valence-electron chi connectivity index (χ1n) is 16.9. The van der Waals surface area contributed by atoms with Crippen LogP contribution in [0, 0.1) is 17.2 Å². The number of carbonyl (C=O) groups excluding carboxylic acids is 4. The van der Waals surface area contributed by atoms with Crippen molar-refractivity contribution in [2.75, 3.05) is 38.5 Å². The molecule has 1 aliphatic heterocycles. The first-order chi connectivity index (χ1) is 22.2. The zero-order valence-corrected chi connectivity index (χ0v) is 27.3. The highest BCUT2D eigenvalue weighted by Crippen LogP contribution is 2.57. The molecule has 1 aromatic heterocycles. The van der Waals surface area contributed by atoms with Crippen molar-refractivity contribution in [1.29, 1.82) is 0 Å². The minimum atomic E-state index is -0.813. The molecule has 46 heavy (non-hydrogen) atoms. The Hall–Kier alpha value is -3.80. The molecule has 0 spiro atoms. The maximum absolute atomic E-state index is 15.6. The predicted octanol–water partition coefficient (Wildman–Crippen LogP) is 3.35.